The van der Waals surface area contributed by atoms with Crippen molar-refractivity contribution in [3.63, 3.8) is 0 Å². The zero-order valence-electron chi connectivity index (χ0n) is 12.4. The summed E-state index contributed by atoms with van der Waals surface area (Å²) in [5, 5.41) is 2.16. The van der Waals surface area contributed by atoms with E-state index in [0.29, 0.717) is 5.75 Å². The number of nitrogens with one attached hydrogen (secondary N) is 1. The lowest BCUT2D eigenvalue weighted by molar-refractivity contribution is -0.137. The first-order valence-corrected chi connectivity index (χ1v) is 8.05. The Kier molecular flexibility index (Phi) is 5.71. The molecular formula is C17H16F3NOS. The van der Waals surface area contributed by atoms with Crippen LogP contribution in [0.25, 0.3) is 0 Å². The summed E-state index contributed by atoms with van der Waals surface area (Å²) in [4.78, 5) is 12.1. The van der Waals surface area contributed by atoms with E-state index in [1.165, 1.54) is 23.9 Å². The maximum Gasteiger partial charge on any atom is 0.416 e. The Hall–Kier alpha value is -1.95. The largest absolute Gasteiger partial charge is 0.416 e. The average Bonchev–Trinajstić information content (AvgIpc) is 2.53. The Balaban J connectivity index is 1.93. The van der Waals surface area contributed by atoms with E-state index in [0.717, 1.165) is 17.7 Å². The summed E-state index contributed by atoms with van der Waals surface area (Å²) in [6.45, 7) is 1.73. The van der Waals surface area contributed by atoms with E-state index in [4.69, 9.17) is 0 Å². The first-order valence-electron chi connectivity index (χ1n) is 7.00. The topological polar surface area (TPSA) is 29.1 Å². The molecule has 1 atom stereocenters. The van der Waals surface area contributed by atoms with Gasteiger partial charge in [-0.3, -0.25) is 4.79 Å². The van der Waals surface area contributed by atoms with Crippen molar-refractivity contribution in [3.8, 4) is 0 Å². The highest BCUT2D eigenvalue weighted by Gasteiger charge is 2.30. The van der Waals surface area contributed by atoms with E-state index in [2.05, 4.69) is 5.32 Å². The Morgan fingerprint density at radius 1 is 1.13 bits per heavy atom. The second kappa shape index (κ2) is 7.55. The predicted octanol–water partition coefficient (Wildman–Crippen LogP) is 4.97. The fraction of sp³-hybridized carbons (Fsp3) is 0.235. The summed E-state index contributed by atoms with van der Waals surface area (Å²) in [5.41, 5.74) is 0.466. The van der Waals surface area contributed by atoms with Crippen molar-refractivity contribution in [3.05, 3.63) is 65.7 Å². The molecule has 2 nitrogen and oxygen atoms in total. The SMILES string of the molecule is C[C@H](SCc1ccccc1)C(=O)Nc1cccc(C(F)(F)F)c1. The third-order valence-corrected chi connectivity index (χ3v) is 4.38. The molecule has 0 aromatic heterocycles. The third-order valence-electron chi connectivity index (χ3n) is 3.17. The number of rotatable bonds is 5. The summed E-state index contributed by atoms with van der Waals surface area (Å²) in [7, 11) is 0. The lowest BCUT2D eigenvalue weighted by Gasteiger charge is -2.13. The first-order chi connectivity index (χ1) is 10.9. The summed E-state index contributed by atoms with van der Waals surface area (Å²) in [6, 6.07) is 14.3. The van der Waals surface area contributed by atoms with Crippen molar-refractivity contribution in [1.82, 2.24) is 0 Å². The normalized spacial score (nSPS) is 12.7. The maximum atomic E-state index is 12.7. The van der Waals surface area contributed by atoms with Gasteiger partial charge in [-0.1, -0.05) is 36.4 Å². The average molecular weight is 339 g/mol. The Labute approximate surface area is 137 Å². The summed E-state index contributed by atoms with van der Waals surface area (Å²) < 4.78 is 38.0. The molecule has 2 aromatic rings. The first kappa shape index (κ1) is 17.4. The molecule has 0 aliphatic heterocycles. The van der Waals surface area contributed by atoms with Crippen LogP contribution in [0.1, 0.15) is 18.1 Å². The molecule has 2 rings (SSSR count). The standard InChI is InChI=1S/C17H16F3NOS/c1-12(23-11-13-6-3-2-4-7-13)16(22)21-15-9-5-8-14(10-15)17(18,19)20/h2-10,12H,11H2,1H3,(H,21,22)/t12-/m0/s1. The van der Waals surface area contributed by atoms with Gasteiger partial charge in [-0.05, 0) is 30.7 Å². The van der Waals surface area contributed by atoms with Crippen molar-refractivity contribution < 1.29 is 18.0 Å². The van der Waals surface area contributed by atoms with Crippen LogP contribution >= 0.6 is 11.8 Å². The predicted molar refractivity (Wildman–Crippen MR) is 87.3 cm³/mol. The Bertz CT molecular complexity index is 658. The lowest BCUT2D eigenvalue weighted by atomic mass is 10.2. The van der Waals surface area contributed by atoms with E-state index >= 15 is 0 Å². The zero-order chi connectivity index (χ0) is 16.9. The molecule has 122 valence electrons. The van der Waals surface area contributed by atoms with Crippen LogP contribution in [0.15, 0.2) is 54.6 Å². The second-order valence-electron chi connectivity index (χ2n) is 5.01. The number of hydrogen-bond acceptors (Lipinski definition) is 2. The molecule has 0 saturated heterocycles. The minimum Gasteiger partial charge on any atom is -0.325 e. The van der Waals surface area contributed by atoms with Gasteiger partial charge in [-0.25, -0.2) is 0 Å². The van der Waals surface area contributed by atoms with Gasteiger partial charge in [0.25, 0.3) is 0 Å². The van der Waals surface area contributed by atoms with E-state index in [1.807, 2.05) is 30.3 Å². The molecule has 0 unspecified atom stereocenters. The number of alkyl halides is 3. The Morgan fingerprint density at radius 2 is 1.83 bits per heavy atom. The molecule has 1 N–H and O–H groups in total. The van der Waals surface area contributed by atoms with Crippen molar-refractivity contribution in [1.29, 1.82) is 0 Å². The fourth-order valence-electron chi connectivity index (χ4n) is 1.89. The van der Waals surface area contributed by atoms with Gasteiger partial charge < -0.3 is 5.32 Å². The molecule has 0 fully saturated rings. The van der Waals surface area contributed by atoms with Crippen LogP contribution in [0.2, 0.25) is 0 Å². The Morgan fingerprint density at radius 3 is 2.48 bits per heavy atom. The van der Waals surface area contributed by atoms with Crippen LogP contribution in [-0.2, 0) is 16.7 Å². The van der Waals surface area contributed by atoms with Gasteiger partial charge in [0.15, 0.2) is 0 Å². The number of halogens is 3. The van der Waals surface area contributed by atoms with Gasteiger partial charge in [-0.15, -0.1) is 11.8 Å². The molecule has 0 saturated carbocycles. The summed E-state index contributed by atoms with van der Waals surface area (Å²) in [6.07, 6.45) is -4.42. The van der Waals surface area contributed by atoms with Gasteiger partial charge in [0.05, 0.1) is 10.8 Å². The molecule has 2 aromatic carbocycles. The van der Waals surface area contributed by atoms with E-state index in [-0.39, 0.29) is 16.8 Å². The van der Waals surface area contributed by atoms with Crippen LogP contribution in [0.4, 0.5) is 18.9 Å². The molecule has 23 heavy (non-hydrogen) atoms. The number of amides is 1. The zero-order valence-corrected chi connectivity index (χ0v) is 13.2. The quantitative estimate of drug-likeness (QED) is 0.834. The summed E-state index contributed by atoms with van der Waals surface area (Å²) >= 11 is 1.43. The van der Waals surface area contributed by atoms with Gasteiger partial charge in [-0.2, -0.15) is 13.2 Å². The molecular weight excluding hydrogens is 323 g/mol. The molecule has 0 radical (unpaired) electrons. The fourth-order valence-corrected chi connectivity index (χ4v) is 2.73. The number of benzene rings is 2. The van der Waals surface area contributed by atoms with Crippen molar-refractivity contribution in [2.45, 2.75) is 24.1 Å². The number of hydrogen-bond donors (Lipinski definition) is 1. The number of carbonyl (C=O) groups excluding carboxylic acids is 1. The van der Waals surface area contributed by atoms with E-state index < -0.39 is 11.7 Å². The molecule has 1 amide bonds. The number of thioether (sulfide) groups is 1. The van der Waals surface area contributed by atoms with E-state index in [1.54, 1.807) is 6.92 Å². The van der Waals surface area contributed by atoms with Gasteiger partial charge in [0.1, 0.15) is 0 Å². The van der Waals surface area contributed by atoms with Crippen molar-refractivity contribution in [2.24, 2.45) is 0 Å². The van der Waals surface area contributed by atoms with Gasteiger partial charge >= 0.3 is 6.18 Å². The van der Waals surface area contributed by atoms with E-state index in [9.17, 15) is 18.0 Å². The highest BCUT2D eigenvalue weighted by molar-refractivity contribution is 7.99. The van der Waals surface area contributed by atoms with Gasteiger partial charge in [0, 0.05) is 11.4 Å². The number of anilines is 1. The van der Waals surface area contributed by atoms with Crippen LogP contribution in [0.5, 0.6) is 0 Å². The molecule has 0 bridgehead atoms. The molecule has 0 spiro atoms. The van der Waals surface area contributed by atoms with Crippen molar-refractivity contribution in [2.75, 3.05) is 5.32 Å². The van der Waals surface area contributed by atoms with Crippen LogP contribution in [0.3, 0.4) is 0 Å². The highest BCUT2D eigenvalue weighted by atomic mass is 32.2. The number of carbonyl (C=O) groups is 1. The maximum absolute atomic E-state index is 12.7. The monoisotopic (exact) mass is 339 g/mol. The smallest absolute Gasteiger partial charge is 0.325 e. The summed E-state index contributed by atoms with van der Waals surface area (Å²) in [5.74, 6) is 0.350. The minimum absolute atomic E-state index is 0.150. The van der Waals surface area contributed by atoms with Crippen molar-refractivity contribution >= 4 is 23.4 Å². The minimum atomic E-state index is -4.42. The molecule has 0 aliphatic rings. The third kappa shape index (κ3) is 5.32. The highest BCUT2D eigenvalue weighted by Crippen LogP contribution is 2.30. The van der Waals surface area contributed by atoms with Gasteiger partial charge in [0.2, 0.25) is 5.91 Å². The van der Waals surface area contributed by atoms with Crippen LogP contribution < -0.4 is 5.32 Å². The molecule has 6 heteroatoms. The van der Waals surface area contributed by atoms with Crippen LogP contribution in [0, 0.1) is 0 Å². The lowest BCUT2D eigenvalue weighted by Crippen LogP contribution is -2.22. The van der Waals surface area contributed by atoms with Crippen LogP contribution in [-0.4, -0.2) is 11.2 Å². The molecule has 0 aliphatic carbocycles. The second-order valence-corrected chi connectivity index (χ2v) is 6.34. The molecule has 0 heterocycles.